The van der Waals surface area contributed by atoms with Crippen molar-refractivity contribution >= 4 is 26.7 Å². The van der Waals surface area contributed by atoms with E-state index in [2.05, 4.69) is 30.1 Å². The zero-order valence-electron chi connectivity index (χ0n) is 17.2. The third-order valence-electron chi connectivity index (χ3n) is 5.28. The summed E-state index contributed by atoms with van der Waals surface area (Å²) < 4.78 is 31.5. The standard InChI is InChI=1S/C21H15N9O2S/c1-28-11-17(8-26-28)15-4-19-18(24-7-15)9-27-30(19)33(31,32)21-10-25-20-3-2-14(12-29(20)21)16-5-22-13-23-6-16/h2-13H,1H3. The first-order valence-electron chi connectivity index (χ1n) is 9.81. The van der Waals surface area contributed by atoms with E-state index in [1.807, 2.05) is 19.3 Å². The van der Waals surface area contributed by atoms with Crippen LogP contribution in [0.1, 0.15) is 0 Å². The lowest BCUT2D eigenvalue weighted by Gasteiger charge is -2.08. The minimum absolute atomic E-state index is 0.0204. The molecular weight excluding hydrogens is 442 g/mol. The first-order chi connectivity index (χ1) is 16.0. The Labute approximate surface area is 187 Å². The van der Waals surface area contributed by atoms with Crippen LogP contribution < -0.4 is 0 Å². The monoisotopic (exact) mass is 457 g/mol. The molecule has 6 aromatic rings. The van der Waals surface area contributed by atoms with E-state index in [-0.39, 0.29) is 5.03 Å². The fourth-order valence-electron chi connectivity index (χ4n) is 3.66. The van der Waals surface area contributed by atoms with E-state index in [0.29, 0.717) is 16.7 Å². The highest BCUT2D eigenvalue weighted by atomic mass is 32.2. The second kappa shape index (κ2) is 7.03. The van der Waals surface area contributed by atoms with Crippen LogP contribution in [0.4, 0.5) is 0 Å². The summed E-state index contributed by atoms with van der Waals surface area (Å²) in [5, 5.41) is 8.28. The zero-order chi connectivity index (χ0) is 22.6. The maximum Gasteiger partial charge on any atom is 0.301 e. The van der Waals surface area contributed by atoms with Gasteiger partial charge in [-0.15, -0.1) is 0 Å². The number of hydrogen-bond donors (Lipinski definition) is 0. The fraction of sp³-hybridized carbons (Fsp3) is 0.0476. The van der Waals surface area contributed by atoms with Crippen molar-refractivity contribution in [3.8, 4) is 22.3 Å². The number of aromatic nitrogens is 9. The van der Waals surface area contributed by atoms with Gasteiger partial charge in [0.05, 0.1) is 18.6 Å². The van der Waals surface area contributed by atoms with Crippen molar-refractivity contribution in [3.05, 3.63) is 74.1 Å². The molecule has 0 aliphatic heterocycles. The minimum Gasteiger partial charge on any atom is -0.288 e. The van der Waals surface area contributed by atoms with Gasteiger partial charge in [-0.1, -0.05) is 0 Å². The molecule has 0 bridgehead atoms. The molecule has 0 saturated carbocycles. The van der Waals surface area contributed by atoms with Crippen molar-refractivity contribution in [1.82, 2.24) is 43.3 Å². The molecule has 0 aliphatic rings. The largest absolute Gasteiger partial charge is 0.301 e. The van der Waals surface area contributed by atoms with Crippen molar-refractivity contribution in [2.75, 3.05) is 0 Å². The van der Waals surface area contributed by atoms with Crippen LogP contribution in [0.3, 0.4) is 0 Å². The summed E-state index contributed by atoms with van der Waals surface area (Å²) >= 11 is 0. The molecule has 0 aromatic carbocycles. The molecule has 0 N–H and O–H groups in total. The van der Waals surface area contributed by atoms with Gasteiger partial charge in [0.1, 0.15) is 23.0 Å². The van der Waals surface area contributed by atoms with Crippen LogP contribution in [0.25, 0.3) is 38.9 Å². The Bertz CT molecular complexity index is 1750. The van der Waals surface area contributed by atoms with Gasteiger partial charge < -0.3 is 0 Å². The first-order valence-corrected chi connectivity index (χ1v) is 11.3. The van der Waals surface area contributed by atoms with Crippen LogP contribution in [0.15, 0.2) is 79.1 Å². The van der Waals surface area contributed by atoms with E-state index < -0.39 is 10.0 Å². The molecule has 0 aliphatic carbocycles. The Morgan fingerprint density at radius 3 is 2.42 bits per heavy atom. The molecular formula is C21H15N9O2S. The van der Waals surface area contributed by atoms with E-state index in [1.165, 1.54) is 23.1 Å². The van der Waals surface area contributed by atoms with Gasteiger partial charge >= 0.3 is 10.0 Å². The maximum absolute atomic E-state index is 13.7. The first kappa shape index (κ1) is 19.3. The highest BCUT2D eigenvalue weighted by molar-refractivity contribution is 7.90. The summed E-state index contributed by atoms with van der Waals surface area (Å²) in [6.45, 7) is 0. The van der Waals surface area contributed by atoms with Gasteiger partial charge in [-0.2, -0.15) is 22.7 Å². The summed E-state index contributed by atoms with van der Waals surface area (Å²) in [7, 11) is -2.27. The molecule has 0 unspecified atom stereocenters. The van der Waals surface area contributed by atoms with Crippen molar-refractivity contribution in [3.63, 3.8) is 0 Å². The van der Waals surface area contributed by atoms with Crippen LogP contribution in [0.2, 0.25) is 0 Å². The smallest absolute Gasteiger partial charge is 0.288 e. The summed E-state index contributed by atoms with van der Waals surface area (Å²) in [4.78, 5) is 16.7. The van der Waals surface area contributed by atoms with E-state index in [4.69, 9.17) is 0 Å². The molecule has 0 radical (unpaired) electrons. The van der Waals surface area contributed by atoms with Gasteiger partial charge in [0.2, 0.25) is 0 Å². The Hall–Kier alpha value is -4.45. The minimum atomic E-state index is -4.08. The molecule has 0 atom stereocenters. The lowest BCUT2D eigenvalue weighted by atomic mass is 10.1. The number of aryl methyl sites for hydroxylation is 1. The Balaban J connectivity index is 1.51. The van der Waals surface area contributed by atoms with Gasteiger partial charge in [0.25, 0.3) is 0 Å². The second-order valence-corrected chi connectivity index (χ2v) is 9.11. The van der Waals surface area contributed by atoms with Gasteiger partial charge in [0, 0.05) is 60.3 Å². The van der Waals surface area contributed by atoms with Crippen LogP contribution in [-0.2, 0) is 17.1 Å². The molecule has 33 heavy (non-hydrogen) atoms. The Kier molecular flexibility index (Phi) is 4.10. The molecule has 0 fully saturated rings. The van der Waals surface area contributed by atoms with Crippen molar-refractivity contribution in [1.29, 1.82) is 0 Å². The van der Waals surface area contributed by atoms with E-state index >= 15 is 0 Å². The van der Waals surface area contributed by atoms with Gasteiger partial charge in [0.15, 0.2) is 5.03 Å². The molecule has 162 valence electrons. The summed E-state index contributed by atoms with van der Waals surface area (Å²) in [6, 6.07) is 5.31. The number of nitrogens with zero attached hydrogens (tertiary/aromatic N) is 9. The highest BCUT2D eigenvalue weighted by Crippen LogP contribution is 2.26. The van der Waals surface area contributed by atoms with Crippen LogP contribution >= 0.6 is 0 Å². The number of pyridine rings is 2. The summed E-state index contributed by atoms with van der Waals surface area (Å²) in [5.74, 6) is 0. The normalized spacial score (nSPS) is 12.0. The fourth-order valence-corrected chi connectivity index (χ4v) is 5.00. The van der Waals surface area contributed by atoms with E-state index in [1.54, 1.807) is 47.8 Å². The third-order valence-corrected chi connectivity index (χ3v) is 6.86. The van der Waals surface area contributed by atoms with Gasteiger partial charge in [-0.3, -0.25) is 14.1 Å². The molecule has 6 heterocycles. The van der Waals surface area contributed by atoms with Crippen LogP contribution in [0.5, 0.6) is 0 Å². The molecule has 0 saturated heterocycles. The van der Waals surface area contributed by atoms with Crippen molar-refractivity contribution in [2.24, 2.45) is 7.05 Å². The lowest BCUT2D eigenvalue weighted by molar-refractivity contribution is 0.577. The highest BCUT2D eigenvalue weighted by Gasteiger charge is 2.25. The predicted octanol–water partition coefficient (Wildman–Crippen LogP) is 2.17. The topological polar surface area (TPSA) is 126 Å². The Morgan fingerprint density at radius 1 is 0.788 bits per heavy atom. The number of imidazole rings is 1. The van der Waals surface area contributed by atoms with Crippen molar-refractivity contribution < 1.29 is 8.42 Å². The molecule has 0 spiro atoms. The van der Waals surface area contributed by atoms with E-state index in [0.717, 1.165) is 26.3 Å². The lowest BCUT2D eigenvalue weighted by Crippen LogP contribution is -2.16. The molecule has 6 aromatic heterocycles. The third kappa shape index (κ3) is 3.07. The average molecular weight is 457 g/mol. The SMILES string of the molecule is Cn1cc(-c2cnc3cnn(S(=O)(=O)c4cnc5ccc(-c6cncnc6)cn45)c3c2)cn1. The zero-order valence-corrected chi connectivity index (χ0v) is 18.0. The molecule has 0 amide bonds. The predicted molar refractivity (Wildman–Crippen MR) is 119 cm³/mol. The summed E-state index contributed by atoms with van der Waals surface area (Å²) in [5.41, 5.74) is 4.37. The number of rotatable bonds is 4. The number of hydrogen-bond acceptors (Lipinski definition) is 8. The number of fused-ring (bicyclic) bond motifs is 2. The Morgan fingerprint density at radius 2 is 1.64 bits per heavy atom. The van der Waals surface area contributed by atoms with Gasteiger partial charge in [-0.05, 0) is 18.2 Å². The van der Waals surface area contributed by atoms with E-state index in [9.17, 15) is 8.42 Å². The van der Waals surface area contributed by atoms with Gasteiger partial charge in [-0.25, -0.2) is 15.0 Å². The maximum atomic E-state index is 13.7. The summed E-state index contributed by atoms with van der Waals surface area (Å²) in [6.07, 6.45) is 14.4. The second-order valence-electron chi connectivity index (χ2n) is 7.39. The molecule has 6 rings (SSSR count). The average Bonchev–Trinajstić information content (AvgIpc) is 3.56. The molecule has 11 nitrogen and oxygen atoms in total. The quantitative estimate of drug-likeness (QED) is 0.394. The van der Waals surface area contributed by atoms with Crippen LogP contribution in [0, 0.1) is 0 Å². The van der Waals surface area contributed by atoms with Crippen LogP contribution in [-0.4, -0.2) is 51.7 Å². The molecule has 12 heteroatoms. The van der Waals surface area contributed by atoms with Crippen molar-refractivity contribution in [2.45, 2.75) is 5.03 Å².